The zero-order valence-corrected chi connectivity index (χ0v) is 11.7. The molecule has 1 heterocycles. The van der Waals surface area contributed by atoms with Gasteiger partial charge in [-0.1, -0.05) is 12.8 Å². The van der Waals surface area contributed by atoms with Crippen LogP contribution in [-0.4, -0.2) is 54.9 Å². The Morgan fingerprint density at radius 3 is 2.79 bits per heavy atom. The van der Waals surface area contributed by atoms with E-state index in [1.54, 1.807) is 0 Å². The van der Waals surface area contributed by atoms with Gasteiger partial charge in [0.15, 0.2) is 0 Å². The number of aliphatic hydroxyl groups excluding tert-OH is 1. The van der Waals surface area contributed by atoms with Gasteiger partial charge in [0, 0.05) is 38.8 Å². The van der Waals surface area contributed by atoms with E-state index < -0.39 is 0 Å². The lowest BCUT2D eigenvalue weighted by Crippen LogP contribution is -2.44. The molecule has 0 aromatic heterocycles. The topological polar surface area (TPSA) is 64.6 Å². The van der Waals surface area contributed by atoms with Crippen molar-refractivity contribution in [3.8, 4) is 0 Å². The summed E-state index contributed by atoms with van der Waals surface area (Å²) in [6.07, 6.45) is 7.24. The average Bonchev–Trinajstić information content (AvgIpc) is 3.02. The first kappa shape index (κ1) is 14.6. The number of urea groups is 1. The summed E-state index contributed by atoms with van der Waals surface area (Å²) in [5, 5.41) is 14.4. The third-order valence-corrected chi connectivity index (χ3v) is 4.22. The summed E-state index contributed by atoms with van der Waals surface area (Å²) in [5.41, 5.74) is 0. The zero-order chi connectivity index (χ0) is 13.5. The molecule has 1 aliphatic carbocycles. The number of rotatable bonds is 6. The van der Waals surface area contributed by atoms with Crippen molar-refractivity contribution in [3.05, 3.63) is 0 Å². The lowest BCUT2D eigenvalue weighted by molar-refractivity contribution is 0.232. The van der Waals surface area contributed by atoms with Crippen LogP contribution in [0.3, 0.4) is 0 Å². The van der Waals surface area contributed by atoms with E-state index in [1.165, 1.54) is 32.2 Å². The second kappa shape index (κ2) is 7.70. The molecule has 2 aliphatic rings. The number of amides is 2. The Balaban J connectivity index is 1.60. The fourth-order valence-electron chi connectivity index (χ4n) is 3.19. The van der Waals surface area contributed by atoms with Crippen LogP contribution in [0.5, 0.6) is 0 Å². The second-order valence-corrected chi connectivity index (χ2v) is 5.87. The SMILES string of the molecule is O=C(NCCCO)NC1CCN(CC2CCCC2)C1. The van der Waals surface area contributed by atoms with E-state index in [4.69, 9.17) is 5.11 Å². The minimum absolute atomic E-state index is 0.0961. The van der Waals surface area contributed by atoms with E-state index in [0.717, 1.165) is 25.4 Å². The van der Waals surface area contributed by atoms with Crippen LogP contribution >= 0.6 is 0 Å². The second-order valence-electron chi connectivity index (χ2n) is 5.87. The Labute approximate surface area is 115 Å². The fourth-order valence-corrected chi connectivity index (χ4v) is 3.19. The molecule has 110 valence electrons. The summed E-state index contributed by atoms with van der Waals surface area (Å²) in [6.45, 7) is 3.98. The van der Waals surface area contributed by atoms with Crippen LogP contribution in [0.1, 0.15) is 38.5 Å². The highest BCUT2D eigenvalue weighted by atomic mass is 16.3. The summed E-state index contributed by atoms with van der Waals surface area (Å²) >= 11 is 0. The molecule has 1 aliphatic heterocycles. The molecule has 5 nitrogen and oxygen atoms in total. The van der Waals surface area contributed by atoms with Gasteiger partial charge in [-0.2, -0.15) is 0 Å². The number of carbonyl (C=O) groups is 1. The molecule has 1 unspecified atom stereocenters. The number of carbonyl (C=O) groups excluding carboxylic acids is 1. The minimum Gasteiger partial charge on any atom is -0.396 e. The molecule has 2 amide bonds. The van der Waals surface area contributed by atoms with Crippen molar-refractivity contribution in [2.24, 2.45) is 5.92 Å². The van der Waals surface area contributed by atoms with Crippen LogP contribution in [0.15, 0.2) is 0 Å². The van der Waals surface area contributed by atoms with Gasteiger partial charge in [-0.3, -0.25) is 0 Å². The molecule has 0 spiro atoms. The van der Waals surface area contributed by atoms with E-state index in [9.17, 15) is 4.79 Å². The highest BCUT2D eigenvalue weighted by Crippen LogP contribution is 2.26. The van der Waals surface area contributed by atoms with Gasteiger partial charge in [0.1, 0.15) is 0 Å². The van der Waals surface area contributed by atoms with Crippen molar-refractivity contribution in [2.45, 2.75) is 44.6 Å². The van der Waals surface area contributed by atoms with Gasteiger partial charge in [-0.05, 0) is 31.6 Å². The molecule has 1 saturated heterocycles. The Hall–Kier alpha value is -0.810. The predicted octanol–water partition coefficient (Wildman–Crippen LogP) is 0.932. The molecule has 0 aromatic rings. The van der Waals surface area contributed by atoms with Gasteiger partial charge in [-0.15, -0.1) is 0 Å². The molecule has 19 heavy (non-hydrogen) atoms. The van der Waals surface area contributed by atoms with Crippen LogP contribution in [0.2, 0.25) is 0 Å². The summed E-state index contributed by atoms with van der Waals surface area (Å²) in [7, 11) is 0. The maximum atomic E-state index is 11.6. The van der Waals surface area contributed by atoms with Crippen molar-refractivity contribution >= 4 is 6.03 Å². The highest BCUT2D eigenvalue weighted by Gasteiger charge is 2.26. The van der Waals surface area contributed by atoms with Gasteiger partial charge in [-0.25, -0.2) is 4.79 Å². The number of nitrogens with one attached hydrogen (secondary N) is 2. The average molecular weight is 269 g/mol. The Morgan fingerprint density at radius 2 is 2.05 bits per heavy atom. The lowest BCUT2D eigenvalue weighted by Gasteiger charge is -2.20. The maximum absolute atomic E-state index is 11.6. The molecule has 1 atom stereocenters. The van der Waals surface area contributed by atoms with Crippen LogP contribution in [0.25, 0.3) is 0 Å². The van der Waals surface area contributed by atoms with E-state index in [2.05, 4.69) is 15.5 Å². The van der Waals surface area contributed by atoms with Crippen LogP contribution < -0.4 is 10.6 Å². The first-order valence-corrected chi connectivity index (χ1v) is 7.65. The summed E-state index contributed by atoms with van der Waals surface area (Å²) in [4.78, 5) is 14.1. The van der Waals surface area contributed by atoms with E-state index in [0.29, 0.717) is 13.0 Å². The summed E-state index contributed by atoms with van der Waals surface area (Å²) in [5.74, 6) is 0.886. The molecule has 2 rings (SSSR count). The molecule has 0 bridgehead atoms. The van der Waals surface area contributed by atoms with Crippen molar-refractivity contribution < 1.29 is 9.90 Å². The van der Waals surface area contributed by atoms with Crippen molar-refractivity contribution in [1.29, 1.82) is 0 Å². The Bertz CT molecular complexity index is 280. The predicted molar refractivity (Wildman–Crippen MR) is 75.0 cm³/mol. The smallest absolute Gasteiger partial charge is 0.315 e. The van der Waals surface area contributed by atoms with Gasteiger partial charge in [0.05, 0.1) is 0 Å². The van der Waals surface area contributed by atoms with E-state index in [-0.39, 0.29) is 18.7 Å². The lowest BCUT2D eigenvalue weighted by atomic mass is 10.1. The van der Waals surface area contributed by atoms with Gasteiger partial charge >= 0.3 is 6.03 Å². The van der Waals surface area contributed by atoms with E-state index in [1.807, 2.05) is 0 Å². The van der Waals surface area contributed by atoms with E-state index >= 15 is 0 Å². The highest BCUT2D eigenvalue weighted by molar-refractivity contribution is 5.74. The molecule has 1 saturated carbocycles. The maximum Gasteiger partial charge on any atom is 0.315 e. The number of aliphatic hydroxyl groups is 1. The van der Waals surface area contributed by atoms with Crippen LogP contribution in [-0.2, 0) is 0 Å². The van der Waals surface area contributed by atoms with Crippen molar-refractivity contribution in [2.75, 3.05) is 32.8 Å². The molecule has 2 fully saturated rings. The van der Waals surface area contributed by atoms with Crippen molar-refractivity contribution in [1.82, 2.24) is 15.5 Å². The molecule has 0 radical (unpaired) electrons. The molecule has 0 aromatic carbocycles. The van der Waals surface area contributed by atoms with Crippen LogP contribution in [0.4, 0.5) is 4.79 Å². The Morgan fingerprint density at radius 1 is 1.26 bits per heavy atom. The normalized spacial score (nSPS) is 24.8. The summed E-state index contributed by atoms with van der Waals surface area (Å²) < 4.78 is 0. The van der Waals surface area contributed by atoms with Crippen LogP contribution in [0, 0.1) is 5.92 Å². The third-order valence-electron chi connectivity index (χ3n) is 4.22. The number of hydrogen-bond acceptors (Lipinski definition) is 3. The molecule has 3 N–H and O–H groups in total. The standard InChI is InChI=1S/C14H27N3O2/c18-9-3-7-15-14(19)16-13-6-8-17(11-13)10-12-4-1-2-5-12/h12-13,18H,1-11H2,(H2,15,16,19). The summed E-state index contributed by atoms with van der Waals surface area (Å²) in [6, 6.07) is 0.191. The zero-order valence-electron chi connectivity index (χ0n) is 11.7. The number of nitrogens with zero attached hydrogens (tertiary/aromatic N) is 1. The minimum atomic E-state index is -0.0961. The Kier molecular flexibility index (Phi) is 5.92. The number of likely N-dealkylation sites (tertiary alicyclic amines) is 1. The van der Waals surface area contributed by atoms with Gasteiger partial charge in [0.2, 0.25) is 0 Å². The molecular formula is C14H27N3O2. The first-order valence-electron chi connectivity index (χ1n) is 7.65. The first-order chi connectivity index (χ1) is 9.28. The van der Waals surface area contributed by atoms with Crippen molar-refractivity contribution in [3.63, 3.8) is 0 Å². The quantitative estimate of drug-likeness (QED) is 0.629. The molecule has 5 heteroatoms. The van der Waals surface area contributed by atoms with Gasteiger partial charge < -0.3 is 20.6 Å². The fraction of sp³-hybridized carbons (Fsp3) is 0.929. The third kappa shape index (κ3) is 4.99. The largest absolute Gasteiger partial charge is 0.396 e. The molecular weight excluding hydrogens is 242 g/mol. The van der Waals surface area contributed by atoms with Gasteiger partial charge in [0.25, 0.3) is 0 Å². The monoisotopic (exact) mass is 269 g/mol. The number of hydrogen-bond donors (Lipinski definition) is 3.